The molecule has 0 radical (unpaired) electrons. The summed E-state index contributed by atoms with van der Waals surface area (Å²) in [5.74, 6) is -7.85. The molecule has 5 nitrogen and oxygen atoms in total. The molecule has 14 heteroatoms. The third kappa shape index (κ3) is 8.54. The van der Waals surface area contributed by atoms with Gasteiger partial charge in [0, 0.05) is 18.7 Å². The predicted molar refractivity (Wildman–Crippen MR) is 114 cm³/mol. The Morgan fingerprint density at radius 1 is 0.816 bits per heavy atom. The zero-order valence-corrected chi connectivity index (χ0v) is 20.5. The van der Waals surface area contributed by atoms with Gasteiger partial charge in [0.25, 0.3) is 0 Å². The van der Waals surface area contributed by atoms with Crippen molar-refractivity contribution in [1.82, 2.24) is 0 Å². The summed E-state index contributed by atoms with van der Waals surface area (Å²) in [6.07, 6.45) is -13.9. The van der Waals surface area contributed by atoms with Gasteiger partial charge in [0.1, 0.15) is 5.75 Å². The second-order valence-electron chi connectivity index (χ2n) is 9.33. The fourth-order valence-corrected chi connectivity index (χ4v) is 4.40. The first-order chi connectivity index (χ1) is 17.7. The molecule has 2 fully saturated rings. The van der Waals surface area contributed by atoms with E-state index >= 15 is 0 Å². The first-order valence-corrected chi connectivity index (χ1v) is 12.3. The first kappa shape index (κ1) is 30.6. The van der Waals surface area contributed by atoms with Gasteiger partial charge in [-0.2, -0.15) is 17.6 Å². The summed E-state index contributed by atoms with van der Waals surface area (Å²) in [5.41, 5.74) is 0. The molecule has 3 rings (SSSR count). The Labute approximate surface area is 213 Å². The summed E-state index contributed by atoms with van der Waals surface area (Å²) >= 11 is 0. The minimum atomic E-state index is -5.42. The maximum Gasteiger partial charge on any atom is 0.573 e. The molecule has 218 valence electrons. The lowest BCUT2D eigenvalue weighted by Crippen LogP contribution is -2.48. The van der Waals surface area contributed by atoms with E-state index in [0.29, 0.717) is 19.4 Å². The van der Waals surface area contributed by atoms with Gasteiger partial charge in [-0.1, -0.05) is 13.3 Å². The Bertz CT molecular complexity index is 873. The van der Waals surface area contributed by atoms with Crippen molar-refractivity contribution in [2.45, 2.75) is 95.2 Å². The Hall–Kier alpha value is -1.93. The van der Waals surface area contributed by atoms with Gasteiger partial charge in [0.05, 0.1) is 24.7 Å². The van der Waals surface area contributed by atoms with Crippen LogP contribution in [-0.4, -0.2) is 50.1 Å². The Morgan fingerprint density at radius 3 is 1.95 bits per heavy atom. The highest BCUT2D eigenvalue weighted by Gasteiger charge is 2.49. The van der Waals surface area contributed by atoms with Gasteiger partial charge in [-0.25, -0.2) is 8.78 Å². The van der Waals surface area contributed by atoms with E-state index in [9.17, 15) is 39.5 Å². The summed E-state index contributed by atoms with van der Waals surface area (Å²) in [5, 5.41) is 0. The van der Waals surface area contributed by atoms with Crippen LogP contribution in [0.1, 0.15) is 58.3 Å². The van der Waals surface area contributed by atoms with Crippen LogP contribution in [0.3, 0.4) is 0 Å². The number of hydrogen-bond acceptors (Lipinski definition) is 5. The van der Waals surface area contributed by atoms with Gasteiger partial charge in [0.15, 0.2) is 17.7 Å². The van der Waals surface area contributed by atoms with Gasteiger partial charge in [-0.05, 0) is 44.9 Å². The second kappa shape index (κ2) is 12.5. The molecule has 1 aliphatic carbocycles. The van der Waals surface area contributed by atoms with Gasteiger partial charge in [-0.3, -0.25) is 0 Å². The number of unbranched alkanes of at least 4 members (excludes halogenated alkanes) is 1. The van der Waals surface area contributed by atoms with E-state index in [0.717, 1.165) is 12.8 Å². The zero-order chi connectivity index (χ0) is 28.1. The number of ether oxygens (including phenoxy) is 5. The van der Waals surface area contributed by atoms with E-state index in [2.05, 4.69) is 9.47 Å². The largest absolute Gasteiger partial charge is 0.573 e. The molecular weight excluding hydrogens is 539 g/mol. The van der Waals surface area contributed by atoms with Gasteiger partial charge < -0.3 is 23.7 Å². The zero-order valence-electron chi connectivity index (χ0n) is 20.5. The SMILES string of the molecule is CCCCOC1CCC(C(F)(F)OC2CCC(C(F)(F)Oc3cc(F)c(OC(F)(F)F)c(F)c3)OC2)CC1. The molecule has 2 aliphatic rings. The number of rotatable bonds is 11. The molecule has 38 heavy (non-hydrogen) atoms. The van der Waals surface area contributed by atoms with E-state index in [1.165, 1.54) is 0 Å². The lowest BCUT2D eigenvalue weighted by Gasteiger charge is -2.37. The Balaban J connectivity index is 1.49. The minimum Gasteiger partial charge on any atom is -0.430 e. The lowest BCUT2D eigenvalue weighted by atomic mass is 9.86. The predicted octanol–water partition coefficient (Wildman–Crippen LogP) is 7.37. The highest BCUT2D eigenvalue weighted by Crippen LogP contribution is 2.41. The minimum absolute atomic E-state index is 0.0788. The van der Waals surface area contributed by atoms with E-state index < -0.39 is 72.9 Å². The van der Waals surface area contributed by atoms with Crippen molar-refractivity contribution in [3.05, 3.63) is 23.8 Å². The van der Waals surface area contributed by atoms with Crippen LogP contribution >= 0.6 is 0 Å². The molecular formula is C24H29F9O5. The standard InChI is InChI=1S/C24H29F9O5/c1-2-3-10-34-15-6-4-14(5-7-15)22(27,28)36-16-8-9-20(35-13-16)23(29,30)37-17-11-18(25)21(19(26)12-17)38-24(31,32)33/h11-12,14-16,20H,2-10,13H2,1H3. The van der Waals surface area contributed by atoms with Crippen LogP contribution in [0.5, 0.6) is 11.5 Å². The normalized spacial score (nSPS) is 25.3. The molecule has 1 aromatic carbocycles. The molecule has 0 N–H and O–H groups in total. The fraction of sp³-hybridized carbons (Fsp3) is 0.750. The first-order valence-electron chi connectivity index (χ1n) is 12.3. The van der Waals surface area contributed by atoms with Crippen LogP contribution in [0, 0.1) is 17.6 Å². The monoisotopic (exact) mass is 568 g/mol. The molecule has 0 amide bonds. The summed E-state index contributed by atoms with van der Waals surface area (Å²) in [6, 6.07) is 0.188. The van der Waals surface area contributed by atoms with E-state index in [4.69, 9.17) is 14.2 Å². The third-order valence-electron chi connectivity index (χ3n) is 6.38. The van der Waals surface area contributed by atoms with Crippen LogP contribution in [-0.2, 0) is 14.2 Å². The summed E-state index contributed by atoms with van der Waals surface area (Å²) in [4.78, 5) is 0. The van der Waals surface area contributed by atoms with Crippen molar-refractivity contribution in [3.63, 3.8) is 0 Å². The highest BCUT2D eigenvalue weighted by atomic mass is 19.4. The molecule has 0 aromatic heterocycles. The van der Waals surface area contributed by atoms with Crippen LogP contribution < -0.4 is 9.47 Å². The van der Waals surface area contributed by atoms with Crippen LogP contribution in [0.2, 0.25) is 0 Å². The molecule has 1 heterocycles. The highest BCUT2D eigenvalue weighted by molar-refractivity contribution is 5.35. The second-order valence-corrected chi connectivity index (χ2v) is 9.33. The van der Waals surface area contributed by atoms with Crippen LogP contribution in [0.25, 0.3) is 0 Å². The molecule has 2 atom stereocenters. The Kier molecular flexibility index (Phi) is 10.1. The number of hydrogen-bond donors (Lipinski definition) is 0. The molecule has 0 spiro atoms. The van der Waals surface area contributed by atoms with E-state index in [1.807, 2.05) is 6.92 Å². The number of alkyl halides is 7. The molecule has 0 bridgehead atoms. The van der Waals surface area contributed by atoms with Crippen molar-refractivity contribution in [2.24, 2.45) is 5.92 Å². The average Bonchev–Trinajstić information content (AvgIpc) is 2.81. The van der Waals surface area contributed by atoms with E-state index in [-0.39, 0.29) is 37.5 Å². The van der Waals surface area contributed by atoms with E-state index in [1.54, 1.807) is 0 Å². The molecule has 1 aromatic rings. The van der Waals surface area contributed by atoms with Crippen molar-refractivity contribution in [3.8, 4) is 11.5 Å². The quantitative estimate of drug-likeness (QED) is 0.206. The van der Waals surface area contributed by atoms with Gasteiger partial charge in [0.2, 0.25) is 5.75 Å². The van der Waals surface area contributed by atoms with Crippen LogP contribution in [0.4, 0.5) is 39.5 Å². The molecule has 1 saturated carbocycles. The van der Waals surface area contributed by atoms with Crippen molar-refractivity contribution < 1.29 is 63.2 Å². The van der Waals surface area contributed by atoms with Crippen molar-refractivity contribution >= 4 is 0 Å². The van der Waals surface area contributed by atoms with Gasteiger partial charge in [-0.15, -0.1) is 13.2 Å². The topological polar surface area (TPSA) is 46.2 Å². The lowest BCUT2D eigenvalue weighted by molar-refractivity contribution is -0.325. The molecule has 1 aliphatic heterocycles. The summed E-state index contributed by atoms with van der Waals surface area (Å²) in [7, 11) is 0. The smallest absolute Gasteiger partial charge is 0.430 e. The number of benzene rings is 1. The fourth-order valence-electron chi connectivity index (χ4n) is 4.40. The molecule has 2 unspecified atom stereocenters. The third-order valence-corrected chi connectivity index (χ3v) is 6.38. The summed E-state index contributed by atoms with van der Waals surface area (Å²) < 4.78 is 146. The maximum atomic E-state index is 14.7. The number of halogens is 9. The summed E-state index contributed by atoms with van der Waals surface area (Å²) in [6.45, 7) is 1.98. The van der Waals surface area contributed by atoms with Crippen LogP contribution in [0.15, 0.2) is 12.1 Å². The molecule has 1 saturated heterocycles. The van der Waals surface area contributed by atoms with Crippen molar-refractivity contribution in [1.29, 1.82) is 0 Å². The van der Waals surface area contributed by atoms with Crippen molar-refractivity contribution in [2.75, 3.05) is 13.2 Å². The maximum absolute atomic E-state index is 14.7. The Morgan fingerprint density at radius 2 is 1.42 bits per heavy atom. The van der Waals surface area contributed by atoms with Gasteiger partial charge >= 0.3 is 18.6 Å². The average molecular weight is 568 g/mol.